The van der Waals surface area contributed by atoms with Crippen LogP contribution in [0.15, 0.2) is 218 Å². The van der Waals surface area contributed by atoms with Crippen molar-refractivity contribution in [3.05, 3.63) is 252 Å². The van der Waals surface area contributed by atoms with Gasteiger partial charge in [0, 0.05) is 126 Å². The summed E-state index contributed by atoms with van der Waals surface area (Å²) in [6, 6.07) is 42.2. The molecule has 1 unspecified atom stereocenters. The molecule has 0 spiro atoms. The third-order valence-corrected chi connectivity index (χ3v) is 21.5. The SMILES string of the molecule is CC(C)(C)Cc1noc2c(F)c(Nc3[nH]nc4nccnc34)ccc12.CC(C)(C)Cc1noc2c(F)c(Nc3n[nH]c4cccnc34)ccc12.CC(C)(C)Cc1noc2cc(Nc3n[nH]c4cccnc34)c(F)cc12.CC(c1ccccn1)N(C)C(=O)Cc1noc2cc(Nc3n[nH]c4cccnc34)ccc12.COc1ncc(Cc2noc3cc(Nc4n[nH]c5cccnc45)ccc23)cn1. The molecule has 0 bridgehead atoms. The number of H-pyrrole nitrogens is 5. The number of pyridine rings is 5. The molecule has 22 rings (SSSR count). The Morgan fingerprint density at radius 3 is 1.34 bits per heavy atom. The predicted molar refractivity (Wildman–Crippen MR) is 504 cm³/mol. The Labute approximate surface area is 764 Å². The fraction of sp³-hybridized carbons (Fsp3) is 0.221. The molecule has 1 atom stereocenters. The van der Waals surface area contributed by atoms with Crippen molar-refractivity contribution in [2.24, 2.45) is 16.2 Å². The van der Waals surface area contributed by atoms with Crippen LogP contribution >= 0.6 is 0 Å². The molecule has 0 aliphatic rings. The highest BCUT2D eigenvalue weighted by atomic mass is 19.1. The molecule has 135 heavy (non-hydrogen) atoms. The molecule has 0 saturated heterocycles. The van der Waals surface area contributed by atoms with Crippen molar-refractivity contribution in [2.45, 2.75) is 107 Å². The summed E-state index contributed by atoms with van der Waals surface area (Å²) in [7, 11) is 3.31. The number of methoxy groups -OCH3 is 1. The number of rotatable bonds is 20. The van der Waals surface area contributed by atoms with Gasteiger partial charge < -0.3 is 58.8 Å². The topological polar surface area (TPSA) is 479 Å². The average Bonchev–Trinajstić information content (AvgIpc) is 1.64. The van der Waals surface area contributed by atoms with Gasteiger partial charge in [-0.15, -0.1) is 0 Å². The molecule has 1 amide bonds. The van der Waals surface area contributed by atoms with E-state index in [0.717, 1.165) is 89.3 Å². The number of nitrogens with zero attached hydrogens (tertiary/aromatic N) is 20. The first kappa shape index (κ1) is 88.4. The van der Waals surface area contributed by atoms with Gasteiger partial charge in [0.25, 0.3) is 0 Å². The number of benzene rings is 5. The van der Waals surface area contributed by atoms with Crippen LogP contribution in [0.2, 0.25) is 0 Å². The molecule has 0 radical (unpaired) electrons. The van der Waals surface area contributed by atoms with E-state index in [0.29, 0.717) is 122 Å². The lowest BCUT2D eigenvalue weighted by Gasteiger charge is -2.24. The second kappa shape index (κ2) is 37.3. The molecule has 0 saturated carbocycles. The van der Waals surface area contributed by atoms with E-state index in [1.165, 1.54) is 13.2 Å². The van der Waals surface area contributed by atoms with Crippen LogP contribution in [0, 0.1) is 33.7 Å². The predicted octanol–water partition coefficient (Wildman–Crippen LogP) is 20.3. The molecule has 0 aliphatic carbocycles. The molecule has 22 aromatic rings. The molecule has 37 nitrogen and oxygen atoms in total. The molecule has 0 fully saturated rings. The van der Waals surface area contributed by atoms with Crippen molar-refractivity contribution < 1.29 is 45.3 Å². The highest BCUT2D eigenvalue weighted by Crippen LogP contribution is 2.39. The summed E-state index contributed by atoms with van der Waals surface area (Å²) in [6.45, 7) is 20.9. The number of carbonyl (C=O) groups is 1. The van der Waals surface area contributed by atoms with Gasteiger partial charge in [-0.3, -0.25) is 55.2 Å². The molecule has 40 heteroatoms. The first-order valence-electron chi connectivity index (χ1n) is 42.8. The summed E-state index contributed by atoms with van der Waals surface area (Å²) < 4.78 is 76.2. The fourth-order valence-corrected chi connectivity index (χ4v) is 14.9. The monoisotopic (exact) mass is 1820 g/mol. The summed E-state index contributed by atoms with van der Waals surface area (Å²) >= 11 is 0. The minimum absolute atomic E-state index is 0.0324. The maximum absolute atomic E-state index is 14.9. The highest BCUT2D eigenvalue weighted by Gasteiger charge is 2.28. The third-order valence-electron chi connectivity index (χ3n) is 21.5. The third kappa shape index (κ3) is 19.8. The Bertz CT molecular complexity index is 7700. The molecule has 0 aliphatic heterocycles. The Hall–Kier alpha value is -17.2. The van der Waals surface area contributed by atoms with E-state index in [1.807, 2.05) is 122 Å². The molecular weight excluding hydrogens is 1730 g/mol. The van der Waals surface area contributed by atoms with Crippen molar-refractivity contribution in [1.82, 2.24) is 127 Å². The van der Waals surface area contributed by atoms with Crippen molar-refractivity contribution in [3.8, 4) is 6.01 Å². The Morgan fingerprint density at radius 2 is 0.844 bits per heavy atom. The number of hydrogen-bond acceptors (Lipinski definition) is 31. The Balaban J connectivity index is 0.000000113. The number of likely N-dealkylation sites (N-methyl/N-ethyl adjacent to an activating group) is 1. The standard InChI is InChI=1S/C23H21N7O2.C19H15N7O2.2C18H18FN5O.C17H17FN6O/c1-14(17-6-3-4-10-24-17)30(2)21(31)13-19-16-9-8-15(12-20(16)32-29-19)26-23-22-18(27-28-23)7-5-11-25-22;1-27-19-21-9-11(10-22-19)7-15-13-5-4-12(8-16(13)28-26-15)23-18-17-14(24-25-18)3-2-6-20-17;1-18(2,3)9-13-10-6-7-11(14(19)16(10)25-24-13)21-17-15-12(22-23-17)5-4-8-20-15;1-18(2,3)9-14-10-7-11(19)13(8-15(10)25-24-14)21-17-16-12(22-23-17)5-4-6-20-16;1-17(2,3)8-11-9-4-5-10(12(18)14(9)25-24-11)21-16-13-15(22-23-16)20-7-6-19-13/h3-12,14H,13H2,1-2H3,(H2,26,27,28);2-6,8-10H,7H2,1H3,(H2,23,24,25);2*4-8H,9H2,1-3H3,(H2,21,22,23);4-7H,8H2,1-3H3,(H2,20,21,22,23). The van der Waals surface area contributed by atoms with Crippen LogP contribution in [0.1, 0.15) is 115 Å². The number of aromatic amines is 5. The van der Waals surface area contributed by atoms with Gasteiger partial charge in [-0.05, 0) is 163 Å². The lowest BCUT2D eigenvalue weighted by molar-refractivity contribution is -0.131. The van der Waals surface area contributed by atoms with E-state index in [1.54, 1.807) is 85.9 Å². The van der Waals surface area contributed by atoms with E-state index < -0.39 is 17.5 Å². The van der Waals surface area contributed by atoms with Crippen LogP contribution in [-0.2, 0) is 36.9 Å². The summed E-state index contributed by atoms with van der Waals surface area (Å²) in [4.78, 5) is 52.6. The van der Waals surface area contributed by atoms with Crippen molar-refractivity contribution in [3.63, 3.8) is 0 Å². The second-order valence-electron chi connectivity index (χ2n) is 35.4. The van der Waals surface area contributed by atoms with Crippen LogP contribution in [0.3, 0.4) is 0 Å². The zero-order valence-corrected chi connectivity index (χ0v) is 75.0. The van der Waals surface area contributed by atoms with Gasteiger partial charge in [0.15, 0.2) is 63.0 Å². The lowest BCUT2D eigenvalue weighted by Crippen LogP contribution is -2.31. The van der Waals surface area contributed by atoms with E-state index in [9.17, 15) is 18.0 Å². The summed E-state index contributed by atoms with van der Waals surface area (Å²) in [5.41, 5.74) is 17.2. The van der Waals surface area contributed by atoms with E-state index in [-0.39, 0.29) is 62.8 Å². The number of ether oxygens (including phenoxy) is 1. The van der Waals surface area contributed by atoms with Gasteiger partial charge in [0.05, 0.1) is 87.2 Å². The molecule has 10 N–H and O–H groups in total. The number of amides is 1. The van der Waals surface area contributed by atoms with Crippen LogP contribution < -0.4 is 31.3 Å². The van der Waals surface area contributed by atoms with Crippen molar-refractivity contribution in [1.29, 1.82) is 0 Å². The van der Waals surface area contributed by atoms with Crippen LogP contribution in [0.25, 0.3) is 110 Å². The van der Waals surface area contributed by atoms with E-state index in [4.69, 9.17) is 27.4 Å². The number of aromatic nitrogens is 24. The first-order chi connectivity index (χ1) is 65.1. The zero-order valence-electron chi connectivity index (χ0n) is 75.0. The van der Waals surface area contributed by atoms with Gasteiger partial charge in [-0.2, -0.15) is 25.5 Å². The number of anilines is 10. The molecule has 17 aromatic heterocycles. The van der Waals surface area contributed by atoms with Gasteiger partial charge >= 0.3 is 6.01 Å². The summed E-state index contributed by atoms with van der Waals surface area (Å²) in [5.74, 6) is 1.23. The molecule has 5 aromatic carbocycles. The second-order valence-corrected chi connectivity index (χ2v) is 35.4. The average molecular weight is 1820 g/mol. The first-order valence-corrected chi connectivity index (χ1v) is 42.8. The van der Waals surface area contributed by atoms with Crippen LogP contribution in [-0.4, -0.2) is 147 Å². The highest BCUT2D eigenvalue weighted by molar-refractivity contribution is 5.96. The number of carbonyl (C=O) groups excluding carboxylic acids is 1. The van der Waals surface area contributed by atoms with Crippen molar-refractivity contribution >= 4 is 174 Å². The summed E-state index contributed by atoms with van der Waals surface area (Å²) in [6.07, 6.45) is 17.9. The Morgan fingerprint density at radius 1 is 0.415 bits per heavy atom. The summed E-state index contributed by atoms with van der Waals surface area (Å²) in [5, 5.41) is 75.1. The van der Waals surface area contributed by atoms with Gasteiger partial charge in [-0.25, -0.2) is 33.1 Å². The van der Waals surface area contributed by atoms with Crippen molar-refractivity contribution in [2.75, 3.05) is 40.7 Å². The zero-order chi connectivity index (χ0) is 93.8. The smallest absolute Gasteiger partial charge is 0.316 e. The fourth-order valence-electron chi connectivity index (χ4n) is 14.9. The Kier molecular flexibility index (Phi) is 24.4. The van der Waals surface area contributed by atoms with Crippen LogP contribution in [0.5, 0.6) is 6.01 Å². The quantitative estimate of drug-likeness (QED) is 0.0339. The number of hydrogen-bond donors (Lipinski definition) is 10. The number of halogens is 3. The largest absolute Gasteiger partial charge is 0.467 e. The van der Waals surface area contributed by atoms with Gasteiger partial charge in [0.2, 0.25) is 22.7 Å². The maximum Gasteiger partial charge on any atom is 0.316 e. The normalized spacial score (nSPS) is 12.0. The van der Waals surface area contributed by atoms with Crippen LogP contribution in [0.4, 0.5) is 70.7 Å². The number of fused-ring (bicyclic) bond motifs is 10. The van der Waals surface area contributed by atoms with E-state index >= 15 is 0 Å². The molecule has 17 heterocycles. The minimum Gasteiger partial charge on any atom is -0.467 e. The van der Waals surface area contributed by atoms with Gasteiger partial charge in [0.1, 0.15) is 33.6 Å². The number of nitrogens with one attached hydrogen (secondary N) is 10. The molecular formula is C95H89F3N30O7. The maximum atomic E-state index is 14.9. The minimum atomic E-state index is -0.503. The van der Waals surface area contributed by atoms with Gasteiger partial charge in [-0.1, -0.05) is 94.2 Å². The van der Waals surface area contributed by atoms with E-state index in [2.05, 4.69) is 211 Å². The lowest BCUT2D eigenvalue weighted by atomic mass is 9.89. The molecule has 682 valence electrons.